The minimum atomic E-state index is -1.13. The molecule has 0 amide bonds. The Hall–Kier alpha value is -2.73. The van der Waals surface area contributed by atoms with Gasteiger partial charge < -0.3 is 9.84 Å². The summed E-state index contributed by atoms with van der Waals surface area (Å²) in [6.07, 6.45) is 0. The Balaban J connectivity index is 2.06. The third kappa shape index (κ3) is 4.39. The monoisotopic (exact) mass is 443 g/mol. The largest absolute Gasteiger partial charge is 0.487 e. The van der Waals surface area contributed by atoms with Crippen LogP contribution in [0.2, 0.25) is 0 Å². The van der Waals surface area contributed by atoms with Gasteiger partial charge >= 0.3 is 5.97 Å². The first-order valence-corrected chi connectivity index (χ1v) is 9.56. The molecule has 0 unspecified atom stereocenters. The topological polar surface area (TPSA) is 59.4 Å². The number of aromatic carboxylic acids is 1. The van der Waals surface area contributed by atoms with Gasteiger partial charge in [-0.1, -0.05) is 54.0 Å². The predicted molar refractivity (Wildman–Crippen MR) is 109 cm³/mol. The minimum Gasteiger partial charge on any atom is -0.487 e. The number of nitrogens with zero attached hydrogens (tertiary/aromatic N) is 1. The van der Waals surface area contributed by atoms with Crippen molar-refractivity contribution in [1.82, 2.24) is 4.98 Å². The first-order chi connectivity index (χ1) is 13.4. The van der Waals surface area contributed by atoms with E-state index in [4.69, 9.17) is 4.74 Å². The van der Waals surface area contributed by atoms with E-state index in [1.165, 1.54) is 12.1 Å². The summed E-state index contributed by atoms with van der Waals surface area (Å²) in [6.45, 7) is 3.87. The smallest absolute Gasteiger partial charge is 0.337 e. The zero-order valence-corrected chi connectivity index (χ0v) is 17.0. The minimum absolute atomic E-state index is 0.00218. The van der Waals surface area contributed by atoms with E-state index in [0.29, 0.717) is 28.3 Å². The number of hydrogen-bond acceptors (Lipinski definition) is 3. The van der Waals surface area contributed by atoms with E-state index in [-0.39, 0.29) is 18.1 Å². The lowest BCUT2D eigenvalue weighted by Crippen LogP contribution is -2.12. The fourth-order valence-electron chi connectivity index (χ4n) is 2.91. The summed E-state index contributed by atoms with van der Waals surface area (Å²) >= 11 is 3.37. The molecule has 0 aliphatic heterocycles. The van der Waals surface area contributed by atoms with Crippen molar-refractivity contribution in [1.29, 1.82) is 0 Å². The molecule has 1 heterocycles. The van der Waals surface area contributed by atoms with Crippen molar-refractivity contribution in [2.24, 2.45) is 0 Å². The number of carboxylic acids is 1. The summed E-state index contributed by atoms with van der Waals surface area (Å²) in [7, 11) is 0. The Morgan fingerprint density at radius 1 is 1.14 bits per heavy atom. The molecule has 0 saturated carbocycles. The highest BCUT2D eigenvalue weighted by Gasteiger charge is 2.21. The second-order valence-corrected chi connectivity index (χ2v) is 7.52. The van der Waals surface area contributed by atoms with Gasteiger partial charge in [0.05, 0.1) is 17.0 Å². The van der Waals surface area contributed by atoms with E-state index >= 15 is 0 Å². The summed E-state index contributed by atoms with van der Waals surface area (Å²) in [6, 6.07) is 15.0. The van der Waals surface area contributed by atoms with Crippen LogP contribution < -0.4 is 4.74 Å². The van der Waals surface area contributed by atoms with Crippen LogP contribution in [0.3, 0.4) is 0 Å². The molecule has 0 aliphatic rings. The normalized spacial score (nSPS) is 10.9. The molecule has 3 aromatic rings. The molecule has 1 N–H and O–H groups in total. The first-order valence-electron chi connectivity index (χ1n) is 8.77. The van der Waals surface area contributed by atoms with Crippen molar-refractivity contribution in [3.8, 4) is 16.9 Å². The van der Waals surface area contributed by atoms with Gasteiger partial charge in [-0.25, -0.2) is 9.18 Å². The lowest BCUT2D eigenvalue weighted by molar-refractivity contribution is 0.0693. The molecular formula is C22H19BrFNO3. The van der Waals surface area contributed by atoms with Crippen molar-refractivity contribution in [3.05, 3.63) is 81.8 Å². The number of halogens is 2. The zero-order valence-electron chi connectivity index (χ0n) is 15.4. The number of carboxylic acid groups (broad SMARTS) is 1. The lowest BCUT2D eigenvalue weighted by Gasteiger charge is -2.17. The van der Waals surface area contributed by atoms with Crippen molar-refractivity contribution >= 4 is 21.9 Å². The highest BCUT2D eigenvalue weighted by Crippen LogP contribution is 2.32. The van der Waals surface area contributed by atoms with E-state index in [0.717, 1.165) is 4.47 Å². The molecular weight excluding hydrogens is 425 g/mol. The fourth-order valence-corrected chi connectivity index (χ4v) is 3.28. The summed E-state index contributed by atoms with van der Waals surface area (Å²) in [5, 5.41) is 9.68. The average Bonchev–Trinajstić information content (AvgIpc) is 2.66. The van der Waals surface area contributed by atoms with Gasteiger partial charge in [0.2, 0.25) is 0 Å². The molecule has 2 aromatic carbocycles. The number of rotatable bonds is 6. The average molecular weight is 444 g/mol. The fraction of sp³-hybridized carbons (Fsp3) is 0.182. The summed E-state index contributed by atoms with van der Waals surface area (Å²) in [5.41, 5.74) is 1.74. The maximum atomic E-state index is 14.4. The van der Waals surface area contributed by atoms with E-state index in [1.807, 2.05) is 26.0 Å². The van der Waals surface area contributed by atoms with Gasteiger partial charge in [-0.05, 0) is 36.2 Å². The van der Waals surface area contributed by atoms with Crippen molar-refractivity contribution in [3.63, 3.8) is 0 Å². The van der Waals surface area contributed by atoms with Crippen LogP contribution in [0.4, 0.5) is 4.39 Å². The first kappa shape index (κ1) is 20.0. The SMILES string of the molecule is CC(C)c1nc(COc2cccc(Br)c2)c(C(=O)O)cc1-c1ccccc1F. The Labute approximate surface area is 171 Å². The summed E-state index contributed by atoms with van der Waals surface area (Å²) in [5.74, 6) is -0.979. The van der Waals surface area contributed by atoms with Crippen LogP contribution in [0.25, 0.3) is 11.1 Å². The van der Waals surface area contributed by atoms with Crippen LogP contribution in [-0.4, -0.2) is 16.1 Å². The third-order valence-electron chi connectivity index (χ3n) is 4.24. The van der Waals surface area contributed by atoms with Crippen molar-refractivity contribution in [2.75, 3.05) is 0 Å². The van der Waals surface area contributed by atoms with E-state index in [2.05, 4.69) is 20.9 Å². The Kier molecular flexibility index (Phi) is 6.09. The maximum absolute atomic E-state index is 14.4. The number of aromatic nitrogens is 1. The Morgan fingerprint density at radius 2 is 1.89 bits per heavy atom. The maximum Gasteiger partial charge on any atom is 0.337 e. The Morgan fingerprint density at radius 3 is 2.54 bits per heavy atom. The number of ether oxygens (including phenoxy) is 1. The van der Waals surface area contributed by atoms with Crippen LogP contribution in [0.5, 0.6) is 5.75 Å². The van der Waals surface area contributed by atoms with Crippen molar-refractivity contribution < 1.29 is 19.0 Å². The molecule has 1 aromatic heterocycles. The number of carbonyl (C=O) groups is 1. The van der Waals surface area contributed by atoms with Crippen LogP contribution in [0.15, 0.2) is 59.1 Å². The number of benzene rings is 2. The van der Waals surface area contributed by atoms with Crippen LogP contribution in [0, 0.1) is 5.82 Å². The van der Waals surface area contributed by atoms with E-state index in [9.17, 15) is 14.3 Å². The van der Waals surface area contributed by atoms with Crippen LogP contribution >= 0.6 is 15.9 Å². The third-order valence-corrected chi connectivity index (χ3v) is 4.74. The molecule has 0 radical (unpaired) electrons. The van der Waals surface area contributed by atoms with Gasteiger partial charge in [0.25, 0.3) is 0 Å². The highest BCUT2D eigenvalue weighted by atomic mass is 79.9. The van der Waals surface area contributed by atoms with Gasteiger partial charge in [0, 0.05) is 15.6 Å². The van der Waals surface area contributed by atoms with Gasteiger partial charge in [0.15, 0.2) is 0 Å². The summed E-state index contributed by atoms with van der Waals surface area (Å²) in [4.78, 5) is 16.4. The van der Waals surface area contributed by atoms with Crippen LogP contribution in [0.1, 0.15) is 41.5 Å². The van der Waals surface area contributed by atoms with E-state index in [1.54, 1.807) is 30.3 Å². The van der Waals surface area contributed by atoms with E-state index < -0.39 is 11.8 Å². The van der Waals surface area contributed by atoms with Crippen molar-refractivity contribution in [2.45, 2.75) is 26.4 Å². The standard InChI is InChI=1S/C22H19BrFNO3/c1-13(2)21-17(16-8-3-4-9-19(16)24)11-18(22(26)27)20(25-21)12-28-15-7-5-6-14(23)10-15/h3-11,13H,12H2,1-2H3,(H,26,27). The molecule has 28 heavy (non-hydrogen) atoms. The number of hydrogen-bond donors (Lipinski definition) is 1. The molecule has 0 saturated heterocycles. The van der Waals surface area contributed by atoms with Gasteiger partial charge in [-0.2, -0.15) is 0 Å². The Bertz CT molecular complexity index is 1020. The predicted octanol–water partition coefficient (Wildman–Crippen LogP) is 6.05. The highest BCUT2D eigenvalue weighted by molar-refractivity contribution is 9.10. The molecule has 0 spiro atoms. The van der Waals surface area contributed by atoms with Gasteiger partial charge in [-0.15, -0.1) is 0 Å². The van der Waals surface area contributed by atoms with Crippen LogP contribution in [-0.2, 0) is 6.61 Å². The molecule has 0 bridgehead atoms. The molecule has 144 valence electrons. The molecule has 0 atom stereocenters. The molecule has 3 rings (SSSR count). The zero-order chi connectivity index (χ0) is 20.3. The van der Waals surface area contributed by atoms with Gasteiger partial charge in [-0.3, -0.25) is 4.98 Å². The second-order valence-electron chi connectivity index (χ2n) is 6.60. The molecule has 0 aliphatic carbocycles. The lowest BCUT2D eigenvalue weighted by atomic mass is 9.94. The molecule has 0 fully saturated rings. The quantitative estimate of drug-likeness (QED) is 0.503. The number of pyridine rings is 1. The molecule has 6 heteroatoms. The second kappa shape index (κ2) is 8.52. The summed E-state index contributed by atoms with van der Waals surface area (Å²) < 4.78 is 20.9. The molecule has 4 nitrogen and oxygen atoms in total. The van der Waals surface area contributed by atoms with Gasteiger partial charge in [0.1, 0.15) is 18.2 Å².